The van der Waals surface area contributed by atoms with E-state index in [0.717, 1.165) is 23.4 Å². The quantitative estimate of drug-likeness (QED) is 0.893. The van der Waals surface area contributed by atoms with Gasteiger partial charge in [-0.25, -0.2) is 4.39 Å². The maximum atomic E-state index is 13.6. The molecule has 4 rings (SSSR count). The minimum absolute atomic E-state index is 0. The zero-order valence-electron chi connectivity index (χ0n) is 13.7. The molecular formula is C19H20ClFN2O2. The number of halogens is 2. The molecule has 2 heterocycles. The summed E-state index contributed by atoms with van der Waals surface area (Å²) in [4.78, 5) is 14.8. The van der Waals surface area contributed by atoms with Crippen molar-refractivity contribution in [3.05, 3.63) is 65.5 Å². The molecule has 4 nitrogen and oxygen atoms in total. The van der Waals surface area contributed by atoms with Crippen LogP contribution in [-0.2, 0) is 11.2 Å². The first-order chi connectivity index (χ1) is 11.7. The van der Waals surface area contributed by atoms with Crippen LogP contribution in [-0.4, -0.2) is 36.5 Å². The fourth-order valence-corrected chi connectivity index (χ4v) is 3.48. The molecule has 6 heteroatoms. The van der Waals surface area contributed by atoms with Crippen LogP contribution in [0.25, 0.3) is 0 Å². The second-order valence-electron chi connectivity index (χ2n) is 6.22. The topological polar surface area (TPSA) is 41.6 Å². The Balaban J connectivity index is 0.00000182. The Morgan fingerprint density at radius 2 is 2.04 bits per heavy atom. The van der Waals surface area contributed by atoms with Crippen LogP contribution in [0.4, 0.5) is 4.39 Å². The molecule has 0 aromatic heterocycles. The Hall–Kier alpha value is -2.11. The molecule has 1 amide bonds. The third-order valence-electron chi connectivity index (χ3n) is 4.68. The van der Waals surface area contributed by atoms with Crippen molar-refractivity contribution in [1.82, 2.24) is 10.2 Å². The Labute approximate surface area is 152 Å². The highest BCUT2D eigenvalue weighted by Gasteiger charge is 2.36. The van der Waals surface area contributed by atoms with E-state index < -0.39 is 6.10 Å². The van der Waals surface area contributed by atoms with E-state index >= 15 is 0 Å². The molecule has 0 saturated carbocycles. The maximum Gasteiger partial charge on any atom is 0.264 e. The lowest BCUT2D eigenvalue weighted by Gasteiger charge is -2.37. The molecule has 0 aliphatic carbocycles. The van der Waals surface area contributed by atoms with Crippen molar-refractivity contribution in [2.45, 2.75) is 18.6 Å². The van der Waals surface area contributed by atoms with Crippen LogP contribution in [0.3, 0.4) is 0 Å². The lowest BCUT2D eigenvalue weighted by Crippen LogP contribution is -2.52. The monoisotopic (exact) mass is 362 g/mol. The van der Waals surface area contributed by atoms with Gasteiger partial charge in [-0.2, -0.15) is 0 Å². The number of para-hydroxylation sites is 1. The minimum atomic E-state index is -0.489. The average molecular weight is 363 g/mol. The predicted octanol–water partition coefficient (Wildman–Crippen LogP) is 2.72. The predicted molar refractivity (Wildman–Crippen MR) is 95.5 cm³/mol. The number of nitrogens with one attached hydrogen (secondary N) is 1. The standard InChI is InChI=1S/C19H19FN2O2.ClH/c20-15-6-3-5-13(10-15)16-12-21-8-9-22(16)19(23)18-11-14-4-1-2-7-17(14)24-18;/h1-7,10,16,18,21H,8-9,11-12H2;1H. The summed E-state index contributed by atoms with van der Waals surface area (Å²) in [6, 6.07) is 14.0. The first kappa shape index (κ1) is 17.7. The van der Waals surface area contributed by atoms with Gasteiger partial charge in [0.2, 0.25) is 0 Å². The lowest BCUT2D eigenvalue weighted by atomic mass is 10.0. The number of rotatable bonds is 2. The fourth-order valence-electron chi connectivity index (χ4n) is 3.48. The second-order valence-corrected chi connectivity index (χ2v) is 6.22. The van der Waals surface area contributed by atoms with E-state index in [9.17, 15) is 9.18 Å². The van der Waals surface area contributed by atoms with Gasteiger partial charge in [0, 0.05) is 26.1 Å². The van der Waals surface area contributed by atoms with Crippen molar-refractivity contribution in [3.63, 3.8) is 0 Å². The molecule has 0 radical (unpaired) electrons. The second kappa shape index (κ2) is 7.42. The number of fused-ring (bicyclic) bond motifs is 1. The van der Waals surface area contributed by atoms with Crippen LogP contribution < -0.4 is 10.1 Å². The van der Waals surface area contributed by atoms with Gasteiger partial charge in [-0.15, -0.1) is 12.4 Å². The van der Waals surface area contributed by atoms with E-state index in [4.69, 9.17) is 4.74 Å². The van der Waals surface area contributed by atoms with Gasteiger partial charge in [-0.1, -0.05) is 30.3 Å². The van der Waals surface area contributed by atoms with Crippen LogP contribution in [0.1, 0.15) is 17.2 Å². The molecule has 0 spiro atoms. The van der Waals surface area contributed by atoms with Gasteiger partial charge in [0.25, 0.3) is 5.91 Å². The van der Waals surface area contributed by atoms with Gasteiger partial charge in [0.15, 0.2) is 6.10 Å². The normalized spacial score (nSPS) is 21.9. The van der Waals surface area contributed by atoms with E-state index in [1.54, 1.807) is 6.07 Å². The van der Waals surface area contributed by atoms with Crippen molar-refractivity contribution in [2.75, 3.05) is 19.6 Å². The van der Waals surface area contributed by atoms with E-state index in [2.05, 4.69) is 5.32 Å². The maximum absolute atomic E-state index is 13.6. The van der Waals surface area contributed by atoms with Gasteiger partial charge in [-0.3, -0.25) is 4.79 Å². The SMILES string of the molecule is Cl.O=C(C1Cc2ccccc2O1)N1CCNCC1c1cccc(F)c1. The molecule has 2 aromatic rings. The largest absolute Gasteiger partial charge is 0.480 e. The molecule has 2 aliphatic heterocycles. The van der Waals surface area contributed by atoms with Crippen molar-refractivity contribution >= 4 is 18.3 Å². The van der Waals surface area contributed by atoms with Gasteiger partial charge in [-0.05, 0) is 29.3 Å². The van der Waals surface area contributed by atoms with Crippen LogP contribution in [0.2, 0.25) is 0 Å². The summed E-state index contributed by atoms with van der Waals surface area (Å²) in [7, 11) is 0. The Kier molecular flexibility index (Phi) is 5.25. The summed E-state index contributed by atoms with van der Waals surface area (Å²) in [6.07, 6.45) is 0.103. The first-order valence-corrected chi connectivity index (χ1v) is 8.23. The summed E-state index contributed by atoms with van der Waals surface area (Å²) < 4.78 is 19.4. The van der Waals surface area contributed by atoms with E-state index in [1.165, 1.54) is 12.1 Å². The zero-order chi connectivity index (χ0) is 16.5. The number of nitrogens with zero attached hydrogens (tertiary/aromatic N) is 1. The van der Waals surface area contributed by atoms with Crippen LogP contribution in [0, 0.1) is 5.82 Å². The number of ether oxygens (including phenoxy) is 1. The molecule has 1 N–H and O–H groups in total. The zero-order valence-corrected chi connectivity index (χ0v) is 14.5. The average Bonchev–Trinajstić information content (AvgIpc) is 3.05. The number of benzene rings is 2. The molecular weight excluding hydrogens is 343 g/mol. The molecule has 1 fully saturated rings. The molecule has 2 unspecified atom stereocenters. The van der Waals surface area contributed by atoms with Crippen molar-refractivity contribution in [2.24, 2.45) is 0 Å². The van der Waals surface area contributed by atoms with Crippen LogP contribution in [0.15, 0.2) is 48.5 Å². The molecule has 2 aliphatic rings. The highest BCUT2D eigenvalue weighted by molar-refractivity contribution is 5.85. The van der Waals surface area contributed by atoms with Crippen molar-refractivity contribution < 1.29 is 13.9 Å². The van der Waals surface area contributed by atoms with Crippen molar-refractivity contribution in [1.29, 1.82) is 0 Å². The first-order valence-electron chi connectivity index (χ1n) is 8.23. The molecule has 2 atom stereocenters. The number of hydrogen-bond donors (Lipinski definition) is 1. The summed E-state index contributed by atoms with van der Waals surface area (Å²) in [5, 5.41) is 3.29. The minimum Gasteiger partial charge on any atom is -0.480 e. The van der Waals surface area contributed by atoms with E-state index in [-0.39, 0.29) is 30.2 Å². The summed E-state index contributed by atoms with van der Waals surface area (Å²) in [6.45, 7) is 1.95. The van der Waals surface area contributed by atoms with Gasteiger partial charge >= 0.3 is 0 Å². The fraction of sp³-hybridized carbons (Fsp3) is 0.316. The highest BCUT2D eigenvalue weighted by Crippen LogP contribution is 2.31. The summed E-state index contributed by atoms with van der Waals surface area (Å²) in [5.74, 6) is 0.477. The van der Waals surface area contributed by atoms with Gasteiger partial charge in [0.1, 0.15) is 11.6 Å². The Morgan fingerprint density at radius 1 is 1.20 bits per heavy atom. The van der Waals surface area contributed by atoms with Crippen LogP contribution in [0.5, 0.6) is 5.75 Å². The third kappa shape index (κ3) is 3.48. The molecule has 1 saturated heterocycles. The number of amides is 1. The third-order valence-corrected chi connectivity index (χ3v) is 4.68. The molecule has 0 bridgehead atoms. The highest BCUT2D eigenvalue weighted by atomic mass is 35.5. The smallest absolute Gasteiger partial charge is 0.264 e. The number of hydrogen-bond acceptors (Lipinski definition) is 3. The Bertz CT molecular complexity index is 746. The molecule has 2 aromatic carbocycles. The van der Waals surface area contributed by atoms with E-state index in [0.29, 0.717) is 19.5 Å². The van der Waals surface area contributed by atoms with E-state index in [1.807, 2.05) is 35.2 Å². The molecule has 132 valence electrons. The van der Waals surface area contributed by atoms with Gasteiger partial charge in [0.05, 0.1) is 6.04 Å². The Morgan fingerprint density at radius 3 is 2.84 bits per heavy atom. The summed E-state index contributed by atoms with van der Waals surface area (Å²) >= 11 is 0. The van der Waals surface area contributed by atoms with Crippen molar-refractivity contribution in [3.8, 4) is 5.75 Å². The number of piperazine rings is 1. The molecule has 25 heavy (non-hydrogen) atoms. The summed E-state index contributed by atoms with van der Waals surface area (Å²) in [5.41, 5.74) is 1.87. The number of carbonyl (C=O) groups is 1. The number of carbonyl (C=O) groups excluding carboxylic acids is 1. The van der Waals surface area contributed by atoms with Gasteiger partial charge < -0.3 is 15.0 Å². The van der Waals surface area contributed by atoms with Crippen LogP contribution >= 0.6 is 12.4 Å². The lowest BCUT2D eigenvalue weighted by molar-refractivity contribution is -0.141.